The van der Waals surface area contributed by atoms with Crippen LogP contribution in [0.4, 0.5) is 5.69 Å². The fourth-order valence-electron chi connectivity index (χ4n) is 4.59. The van der Waals surface area contributed by atoms with Crippen molar-refractivity contribution in [3.63, 3.8) is 0 Å². The third kappa shape index (κ3) is 5.40. The van der Waals surface area contributed by atoms with Crippen molar-refractivity contribution >= 4 is 33.2 Å². The van der Waals surface area contributed by atoms with Crippen LogP contribution in [0.15, 0.2) is 27.6 Å². The van der Waals surface area contributed by atoms with Crippen LogP contribution in [0.3, 0.4) is 0 Å². The zero-order valence-electron chi connectivity index (χ0n) is 18.8. The number of aromatic nitrogens is 2. The van der Waals surface area contributed by atoms with Gasteiger partial charge < -0.3 is 9.84 Å². The molecule has 1 aliphatic carbocycles. The number of benzene rings is 1. The molecule has 180 valence electrons. The second-order valence-electron chi connectivity index (χ2n) is 8.79. The number of carbonyl (C=O) groups is 1. The van der Waals surface area contributed by atoms with Gasteiger partial charge in [-0.05, 0) is 43.9 Å². The average Bonchev–Trinajstić information content (AvgIpc) is 3.35. The van der Waals surface area contributed by atoms with Crippen LogP contribution in [0.5, 0.6) is 0 Å². The van der Waals surface area contributed by atoms with E-state index in [0.29, 0.717) is 24.8 Å². The molecule has 1 aromatic carbocycles. The van der Waals surface area contributed by atoms with Crippen LogP contribution in [0.2, 0.25) is 5.02 Å². The van der Waals surface area contributed by atoms with Gasteiger partial charge >= 0.3 is 0 Å². The fraction of sp³-hybridized carbons (Fsp3) is 0.591. The van der Waals surface area contributed by atoms with Crippen LogP contribution in [0.1, 0.15) is 63.1 Å². The Labute approximate surface area is 199 Å². The van der Waals surface area contributed by atoms with E-state index < -0.39 is 15.6 Å². The largest absolute Gasteiger partial charge is 0.340 e. The number of anilines is 1. The summed E-state index contributed by atoms with van der Waals surface area (Å²) < 4.78 is 32.9. The lowest BCUT2D eigenvalue weighted by molar-refractivity contribution is -0.115. The number of hydrogen-bond acceptors (Lipinski definition) is 7. The van der Waals surface area contributed by atoms with Crippen molar-refractivity contribution in [2.24, 2.45) is 0 Å². The first-order chi connectivity index (χ1) is 15.8. The maximum atomic E-state index is 13.1. The normalized spacial score (nSPS) is 19.3. The van der Waals surface area contributed by atoms with E-state index in [9.17, 15) is 13.2 Å². The average molecular weight is 496 g/mol. The van der Waals surface area contributed by atoms with Gasteiger partial charge in [-0.3, -0.25) is 10.1 Å². The van der Waals surface area contributed by atoms with Gasteiger partial charge in [0.25, 0.3) is 0 Å². The van der Waals surface area contributed by atoms with Crippen molar-refractivity contribution in [1.82, 2.24) is 19.8 Å². The van der Waals surface area contributed by atoms with Gasteiger partial charge in [-0.15, -0.1) is 0 Å². The summed E-state index contributed by atoms with van der Waals surface area (Å²) in [4.78, 5) is 17.2. The molecule has 11 heteroatoms. The number of halogens is 1. The second-order valence-corrected chi connectivity index (χ2v) is 11.1. The molecule has 1 saturated heterocycles. The molecule has 1 aromatic heterocycles. The molecule has 1 saturated carbocycles. The first-order valence-electron chi connectivity index (χ1n) is 11.5. The monoisotopic (exact) mass is 495 g/mol. The lowest BCUT2D eigenvalue weighted by Crippen LogP contribution is -2.44. The summed E-state index contributed by atoms with van der Waals surface area (Å²) in [6.07, 6.45) is 7.40. The highest BCUT2D eigenvalue weighted by molar-refractivity contribution is 7.89. The molecule has 9 nitrogen and oxygen atoms in total. The van der Waals surface area contributed by atoms with E-state index in [1.807, 2.05) is 0 Å². The molecule has 2 N–H and O–H groups in total. The SMILES string of the molecule is Cc1nc(C2(NCC(=O)Nc3cc(S(=O)(=O)N4CCCCCC4)ccc3Cl)CCCC2)no1. The van der Waals surface area contributed by atoms with E-state index in [2.05, 4.69) is 20.8 Å². The van der Waals surface area contributed by atoms with Crippen LogP contribution >= 0.6 is 11.6 Å². The maximum absolute atomic E-state index is 13.1. The van der Waals surface area contributed by atoms with Gasteiger partial charge in [0.2, 0.25) is 21.8 Å². The summed E-state index contributed by atoms with van der Waals surface area (Å²) in [5.74, 6) is 0.721. The summed E-state index contributed by atoms with van der Waals surface area (Å²) in [5, 5.41) is 10.4. The van der Waals surface area contributed by atoms with Crippen LogP contribution < -0.4 is 10.6 Å². The molecule has 2 aliphatic rings. The molecule has 0 atom stereocenters. The van der Waals surface area contributed by atoms with Gasteiger partial charge in [0.15, 0.2) is 5.82 Å². The van der Waals surface area contributed by atoms with E-state index in [1.165, 1.54) is 22.5 Å². The minimum atomic E-state index is -3.65. The summed E-state index contributed by atoms with van der Waals surface area (Å²) in [6, 6.07) is 4.44. The highest BCUT2D eigenvalue weighted by Gasteiger charge is 2.39. The molecule has 2 fully saturated rings. The number of carbonyl (C=O) groups excluding carboxylic acids is 1. The van der Waals surface area contributed by atoms with E-state index >= 15 is 0 Å². The minimum absolute atomic E-state index is 0.00696. The van der Waals surface area contributed by atoms with Crippen LogP contribution in [-0.2, 0) is 20.4 Å². The number of sulfonamides is 1. The van der Waals surface area contributed by atoms with E-state index in [4.69, 9.17) is 16.1 Å². The summed E-state index contributed by atoms with van der Waals surface area (Å²) in [5.41, 5.74) is -0.230. The van der Waals surface area contributed by atoms with Crippen molar-refractivity contribution < 1.29 is 17.7 Å². The highest BCUT2D eigenvalue weighted by Crippen LogP contribution is 2.37. The van der Waals surface area contributed by atoms with Crippen molar-refractivity contribution in [1.29, 1.82) is 0 Å². The second kappa shape index (κ2) is 10.1. The van der Waals surface area contributed by atoms with E-state index in [-0.39, 0.29) is 28.1 Å². The minimum Gasteiger partial charge on any atom is -0.340 e. The molecule has 0 unspecified atom stereocenters. The molecule has 33 heavy (non-hydrogen) atoms. The molecule has 4 rings (SSSR count). The van der Waals surface area contributed by atoms with Gasteiger partial charge in [-0.25, -0.2) is 8.42 Å². The van der Waals surface area contributed by atoms with Gasteiger partial charge in [0.05, 0.1) is 27.7 Å². The molecular formula is C22H30ClN5O4S. The lowest BCUT2D eigenvalue weighted by atomic mass is 9.96. The zero-order valence-corrected chi connectivity index (χ0v) is 20.3. The highest BCUT2D eigenvalue weighted by atomic mass is 35.5. The summed E-state index contributed by atoms with van der Waals surface area (Å²) in [7, 11) is -3.65. The fourth-order valence-corrected chi connectivity index (χ4v) is 6.30. The van der Waals surface area contributed by atoms with Gasteiger partial charge in [0, 0.05) is 20.0 Å². The van der Waals surface area contributed by atoms with E-state index in [0.717, 1.165) is 51.4 Å². The number of aryl methyl sites for hydroxylation is 1. The predicted molar refractivity (Wildman–Crippen MR) is 124 cm³/mol. The molecule has 1 aliphatic heterocycles. The molecular weight excluding hydrogens is 466 g/mol. The number of hydrogen-bond donors (Lipinski definition) is 2. The topological polar surface area (TPSA) is 117 Å². The van der Waals surface area contributed by atoms with Crippen molar-refractivity contribution in [3.05, 3.63) is 34.9 Å². The smallest absolute Gasteiger partial charge is 0.243 e. The Bertz CT molecular complexity index is 1090. The standard InChI is InChI=1S/C22H30ClN5O4S/c1-16-25-21(27-32-16)22(10-4-5-11-22)24-15-20(29)26-19-14-17(8-9-18(19)23)33(30,31)28-12-6-2-3-7-13-28/h8-9,14,24H,2-7,10-13,15H2,1H3,(H,26,29). The quantitative estimate of drug-likeness (QED) is 0.602. The Balaban J connectivity index is 1.45. The molecule has 1 amide bonds. The van der Waals surface area contributed by atoms with Crippen LogP contribution in [0, 0.1) is 6.92 Å². The lowest BCUT2D eigenvalue weighted by Gasteiger charge is -2.26. The summed E-state index contributed by atoms with van der Waals surface area (Å²) in [6.45, 7) is 2.76. The van der Waals surface area contributed by atoms with Crippen LogP contribution in [0.25, 0.3) is 0 Å². The predicted octanol–water partition coefficient (Wildman–Crippen LogP) is 3.59. The van der Waals surface area contributed by atoms with E-state index in [1.54, 1.807) is 6.92 Å². The van der Waals surface area contributed by atoms with Crippen molar-refractivity contribution in [2.45, 2.75) is 68.7 Å². The van der Waals surface area contributed by atoms with Gasteiger partial charge in [-0.2, -0.15) is 9.29 Å². The first kappa shape index (κ1) is 24.1. The number of amides is 1. The van der Waals surface area contributed by atoms with Gasteiger partial charge in [-0.1, -0.05) is 42.4 Å². The molecule has 2 aromatic rings. The molecule has 0 radical (unpaired) electrons. The van der Waals surface area contributed by atoms with Crippen LogP contribution in [-0.4, -0.2) is 48.4 Å². The Kier molecular flexibility index (Phi) is 7.37. The third-order valence-electron chi connectivity index (χ3n) is 6.41. The molecule has 0 bridgehead atoms. The Morgan fingerprint density at radius 2 is 1.85 bits per heavy atom. The zero-order chi connectivity index (χ0) is 23.5. The maximum Gasteiger partial charge on any atom is 0.243 e. The third-order valence-corrected chi connectivity index (χ3v) is 8.64. The first-order valence-corrected chi connectivity index (χ1v) is 13.3. The Morgan fingerprint density at radius 3 is 2.48 bits per heavy atom. The van der Waals surface area contributed by atoms with Crippen molar-refractivity contribution in [2.75, 3.05) is 25.0 Å². The Morgan fingerprint density at radius 1 is 1.15 bits per heavy atom. The molecule has 2 heterocycles. The number of nitrogens with zero attached hydrogens (tertiary/aromatic N) is 3. The van der Waals surface area contributed by atoms with Gasteiger partial charge in [0.1, 0.15) is 0 Å². The summed E-state index contributed by atoms with van der Waals surface area (Å²) >= 11 is 6.28. The van der Waals surface area contributed by atoms with Crippen molar-refractivity contribution in [3.8, 4) is 0 Å². The molecule has 0 spiro atoms. The number of rotatable bonds is 7. The Hall–Kier alpha value is -2.01. The number of nitrogens with one attached hydrogen (secondary N) is 2.